The summed E-state index contributed by atoms with van der Waals surface area (Å²) in [6.45, 7) is 5.07. The van der Waals surface area contributed by atoms with Crippen LogP contribution in [0.15, 0.2) is 182 Å². The Morgan fingerprint density at radius 1 is 0.482 bits per heavy atom. The molecule has 0 saturated carbocycles. The molecular formula is C53H40N2O. The van der Waals surface area contributed by atoms with Crippen LogP contribution >= 0.6 is 0 Å². The molecule has 0 saturated heterocycles. The first-order valence-electron chi connectivity index (χ1n) is 19.7. The summed E-state index contributed by atoms with van der Waals surface area (Å²) in [7, 11) is 0. The molecule has 1 atom stereocenters. The number of hydrogen-bond acceptors (Lipinski definition) is 2. The van der Waals surface area contributed by atoms with Crippen LogP contribution < -0.4 is 9.64 Å². The average Bonchev–Trinajstić information content (AvgIpc) is 3.85. The van der Waals surface area contributed by atoms with Gasteiger partial charge in [0.25, 0.3) is 0 Å². The Balaban J connectivity index is 1.12. The van der Waals surface area contributed by atoms with Gasteiger partial charge in [-0.25, -0.2) is 0 Å². The number of hydrogen-bond donors (Lipinski definition) is 0. The lowest BCUT2D eigenvalue weighted by molar-refractivity contribution is 0.317. The standard InChI is InChI=1S/C53H40N2O/c1-3-31-56-40-27-30-44-42-28-21-35(2)32-48(42)53(50(44)34-40)47-18-10-7-15-41(47)43-29-26-39(33-49(43)53)54(36-13-5-4-6-14-36)37-22-24-38(25-23-37)55-51-19-11-8-16-45(51)46-17-9-12-20-52(46)55/h4-30,32-34H,3,31H2,1-2H3. The lowest BCUT2D eigenvalue weighted by Crippen LogP contribution is -2.26. The third kappa shape index (κ3) is 4.64. The number of ether oxygens (including phenoxy) is 1. The van der Waals surface area contributed by atoms with Gasteiger partial charge in [0.2, 0.25) is 0 Å². The summed E-state index contributed by atoms with van der Waals surface area (Å²) in [5.41, 5.74) is 18.0. The Hall–Kier alpha value is -6.84. The van der Waals surface area contributed by atoms with Gasteiger partial charge in [0.05, 0.1) is 23.1 Å². The van der Waals surface area contributed by atoms with Crippen molar-refractivity contribution >= 4 is 38.9 Å². The van der Waals surface area contributed by atoms with Crippen LogP contribution in [-0.4, -0.2) is 11.2 Å². The Bertz CT molecular complexity index is 2920. The van der Waals surface area contributed by atoms with E-state index in [-0.39, 0.29) is 0 Å². The van der Waals surface area contributed by atoms with E-state index in [0.29, 0.717) is 6.61 Å². The van der Waals surface area contributed by atoms with Crippen LogP contribution in [-0.2, 0) is 5.41 Å². The van der Waals surface area contributed by atoms with Crippen molar-refractivity contribution in [3.8, 4) is 33.7 Å². The largest absolute Gasteiger partial charge is 0.494 e. The van der Waals surface area contributed by atoms with Gasteiger partial charge in [-0.05, 0) is 131 Å². The summed E-state index contributed by atoms with van der Waals surface area (Å²) in [6.07, 6.45) is 0.964. The van der Waals surface area contributed by atoms with E-state index in [1.165, 1.54) is 71.9 Å². The molecule has 3 nitrogen and oxygen atoms in total. The van der Waals surface area contributed by atoms with Crippen LogP contribution in [0.1, 0.15) is 41.2 Å². The van der Waals surface area contributed by atoms with E-state index < -0.39 is 5.41 Å². The SMILES string of the molecule is CCCOc1ccc2c(c1)C1(c3ccccc3-c3ccc(N(c4ccccc4)c4ccc(-n5c6ccccc6c6ccccc65)cc4)cc31)c1cc(C)ccc1-2. The minimum atomic E-state index is -0.493. The topological polar surface area (TPSA) is 17.4 Å². The fraction of sp³-hybridized carbons (Fsp3) is 0.0943. The summed E-state index contributed by atoms with van der Waals surface area (Å²) in [5.74, 6) is 0.922. The number of benzene rings is 8. The first-order valence-corrected chi connectivity index (χ1v) is 19.7. The Morgan fingerprint density at radius 2 is 1.04 bits per heavy atom. The zero-order valence-electron chi connectivity index (χ0n) is 31.5. The van der Waals surface area contributed by atoms with Gasteiger partial charge in [-0.1, -0.05) is 122 Å². The van der Waals surface area contributed by atoms with E-state index in [1.54, 1.807) is 0 Å². The smallest absolute Gasteiger partial charge is 0.119 e. The first-order chi connectivity index (χ1) is 27.6. The molecule has 11 rings (SSSR count). The van der Waals surface area contributed by atoms with Crippen molar-refractivity contribution in [2.75, 3.05) is 11.5 Å². The van der Waals surface area contributed by atoms with E-state index in [1.807, 2.05) is 0 Å². The highest BCUT2D eigenvalue weighted by Gasteiger charge is 2.52. The van der Waals surface area contributed by atoms with Crippen LogP contribution in [0.4, 0.5) is 17.1 Å². The lowest BCUT2D eigenvalue weighted by Gasteiger charge is -2.32. The monoisotopic (exact) mass is 720 g/mol. The molecule has 1 unspecified atom stereocenters. The maximum absolute atomic E-state index is 6.33. The van der Waals surface area contributed by atoms with E-state index in [0.717, 1.165) is 34.9 Å². The third-order valence-corrected chi connectivity index (χ3v) is 12.0. The number of aromatic nitrogens is 1. The van der Waals surface area contributed by atoms with Crippen molar-refractivity contribution in [1.29, 1.82) is 0 Å². The molecule has 56 heavy (non-hydrogen) atoms. The molecule has 268 valence electrons. The molecule has 0 radical (unpaired) electrons. The lowest BCUT2D eigenvalue weighted by atomic mass is 9.70. The molecule has 2 aliphatic rings. The minimum Gasteiger partial charge on any atom is -0.494 e. The zero-order valence-corrected chi connectivity index (χ0v) is 31.5. The van der Waals surface area contributed by atoms with Crippen molar-refractivity contribution in [1.82, 2.24) is 4.57 Å². The predicted molar refractivity (Wildman–Crippen MR) is 232 cm³/mol. The molecule has 0 fully saturated rings. The Morgan fingerprint density at radius 3 is 1.77 bits per heavy atom. The summed E-state index contributed by atoms with van der Waals surface area (Å²) in [4.78, 5) is 2.40. The molecule has 1 heterocycles. The molecule has 8 aromatic carbocycles. The highest BCUT2D eigenvalue weighted by atomic mass is 16.5. The number of anilines is 3. The van der Waals surface area contributed by atoms with Crippen LogP contribution in [0.2, 0.25) is 0 Å². The fourth-order valence-corrected chi connectivity index (χ4v) is 9.69. The average molecular weight is 721 g/mol. The highest BCUT2D eigenvalue weighted by molar-refractivity contribution is 6.09. The van der Waals surface area contributed by atoms with Gasteiger partial charge < -0.3 is 14.2 Å². The van der Waals surface area contributed by atoms with Crippen LogP contribution in [0.5, 0.6) is 5.75 Å². The number of para-hydroxylation sites is 3. The normalized spacial score (nSPS) is 14.8. The van der Waals surface area contributed by atoms with Gasteiger partial charge in [-0.2, -0.15) is 0 Å². The van der Waals surface area contributed by atoms with E-state index in [2.05, 4.69) is 205 Å². The van der Waals surface area contributed by atoms with Crippen LogP contribution in [0, 0.1) is 6.92 Å². The van der Waals surface area contributed by atoms with Gasteiger partial charge in [0.15, 0.2) is 0 Å². The van der Waals surface area contributed by atoms with Crippen molar-refractivity contribution in [2.24, 2.45) is 0 Å². The molecule has 2 aliphatic carbocycles. The summed E-state index contributed by atoms with van der Waals surface area (Å²) < 4.78 is 8.72. The number of fused-ring (bicyclic) bond motifs is 13. The fourth-order valence-electron chi connectivity index (χ4n) is 9.69. The quantitative estimate of drug-likeness (QED) is 0.163. The maximum atomic E-state index is 6.33. The number of rotatable bonds is 7. The van der Waals surface area contributed by atoms with Gasteiger partial charge in [0, 0.05) is 33.5 Å². The van der Waals surface area contributed by atoms with Crippen LogP contribution in [0.3, 0.4) is 0 Å². The summed E-state index contributed by atoms with van der Waals surface area (Å²) >= 11 is 0. The predicted octanol–water partition coefficient (Wildman–Crippen LogP) is 13.7. The Kier molecular flexibility index (Phi) is 7.34. The molecule has 0 amide bonds. The van der Waals surface area contributed by atoms with Gasteiger partial charge in [-0.15, -0.1) is 0 Å². The van der Waals surface area contributed by atoms with Gasteiger partial charge in [0.1, 0.15) is 5.75 Å². The summed E-state index contributed by atoms with van der Waals surface area (Å²) in [5, 5.41) is 2.53. The second kappa shape index (κ2) is 12.6. The Labute approximate surface area is 327 Å². The van der Waals surface area contributed by atoms with E-state index in [4.69, 9.17) is 4.74 Å². The molecule has 1 aromatic heterocycles. The van der Waals surface area contributed by atoms with Crippen molar-refractivity contribution in [3.05, 3.63) is 210 Å². The molecule has 3 heteroatoms. The number of aryl methyl sites for hydroxylation is 1. The van der Waals surface area contributed by atoms with E-state index in [9.17, 15) is 0 Å². The number of nitrogens with zero attached hydrogens (tertiary/aromatic N) is 2. The molecule has 1 spiro atoms. The molecule has 0 aliphatic heterocycles. The molecule has 0 bridgehead atoms. The van der Waals surface area contributed by atoms with Crippen LogP contribution in [0.25, 0.3) is 49.7 Å². The summed E-state index contributed by atoms with van der Waals surface area (Å²) in [6, 6.07) is 67.1. The zero-order chi connectivity index (χ0) is 37.4. The minimum absolute atomic E-state index is 0.493. The van der Waals surface area contributed by atoms with Crippen molar-refractivity contribution in [2.45, 2.75) is 25.7 Å². The first kappa shape index (κ1) is 32.6. The molecule has 9 aromatic rings. The third-order valence-electron chi connectivity index (χ3n) is 12.0. The highest BCUT2D eigenvalue weighted by Crippen LogP contribution is 2.64. The second-order valence-electron chi connectivity index (χ2n) is 15.2. The van der Waals surface area contributed by atoms with Crippen molar-refractivity contribution < 1.29 is 4.74 Å². The molecule has 0 N–H and O–H groups in total. The second-order valence-corrected chi connectivity index (χ2v) is 15.2. The van der Waals surface area contributed by atoms with Gasteiger partial charge in [-0.3, -0.25) is 0 Å². The molecular weight excluding hydrogens is 681 g/mol. The maximum Gasteiger partial charge on any atom is 0.119 e. The van der Waals surface area contributed by atoms with Crippen molar-refractivity contribution in [3.63, 3.8) is 0 Å². The van der Waals surface area contributed by atoms with Gasteiger partial charge >= 0.3 is 0 Å². The van der Waals surface area contributed by atoms with E-state index >= 15 is 0 Å².